The number of rotatable bonds is 3. The van der Waals surface area contributed by atoms with Crippen LogP contribution in [-0.2, 0) is 4.79 Å². The second-order valence-electron chi connectivity index (χ2n) is 4.76. The molecule has 0 unspecified atom stereocenters. The molecule has 1 aliphatic heterocycles. The first kappa shape index (κ1) is 13.4. The van der Waals surface area contributed by atoms with Crippen LogP contribution in [0.15, 0.2) is 47.5 Å². The van der Waals surface area contributed by atoms with E-state index in [1.54, 1.807) is 6.07 Å². The molecule has 24 heavy (non-hydrogen) atoms. The maximum Gasteiger partial charge on any atom is 0.248 e. The van der Waals surface area contributed by atoms with Crippen molar-refractivity contribution in [3.63, 3.8) is 0 Å². The molecule has 0 aliphatic carbocycles. The highest BCUT2D eigenvalue weighted by Crippen LogP contribution is 2.30. The molecule has 3 rings (SSSR count). The van der Waals surface area contributed by atoms with Crippen LogP contribution in [0.5, 0.6) is 0 Å². The Labute approximate surface area is 155 Å². The monoisotopic (exact) mass is 372 g/mol. The standard InChI is InChI=1S/C17H14ClFN2O2.ClH/c18-11-5-6-15-13(9-11)17(12-3-1-2-4-14(12)19)20-10-16(23)21(15)7-8-22;/h1-6,9,22H,7-8,10H2;1H/i7D2,8D2;. The van der Waals surface area contributed by atoms with E-state index in [4.69, 9.17) is 17.1 Å². The quantitative estimate of drug-likeness (QED) is 0.899. The summed E-state index contributed by atoms with van der Waals surface area (Å²) in [4.78, 5) is 17.2. The van der Waals surface area contributed by atoms with Crippen LogP contribution in [-0.4, -0.2) is 36.3 Å². The second kappa shape index (κ2) is 7.75. The van der Waals surface area contributed by atoms with E-state index in [1.807, 2.05) is 0 Å². The number of hydrogen-bond acceptors (Lipinski definition) is 3. The largest absolute Gasteiger partial charge is 0.395 e. The number of benzene rings is 2. The van der Waals surface area contributed by atoms with Gasteiger partial charge >= 0.3 is 0 Å². The zero-order valence-electron chi connectivity index (χ0n) is 16.2. The van der Waals surface area contributed by atoms with E-state index in [-0.39, 0.29) is 40.0 Å². The molecule has 0 saturated carbocycles. The smallest absolute Gasteiger partial charge is 0.248 e. The Hall–Kier alpha value is -1.95. The number of hydrogen-bond donors (Lipinski definition) is 1. The highest BCUT2D eigenvalue weighted by Gasteiger charge is 2.26. The molecule has 1 N–H and O–H groups in total. The Kier molecular flexibility index (Phi) is 4.31. The van der Waals surface area contributed by atoms with E-state index in [1.165, 1.54) is 36.4 Å². The molecule has 0 bridgehead atoms. The molecule has 1 heterocycles. The molecule has 0 saturated heterocycles. The molecule has 0 atom stereocenters. The molecular formula is C17H15Cl2FN2O2. The van der Waals surface area contributed by atoms with Crippen molar-refractivity contribution in [3.05, 3.63) is 64.4 Å². The van der Waals surface area contributed by atoms with E-state index in [2.05, 4.69) is 4.99 Å². The summed E-state index contributed by atoms with van der Waals surface area (Å²) in [6, 6.07) is 9.83. The molecule has 126 valence electrons. The fourth-order valence-corrected chi connectivity index (χ4v) is 2.56. The average molecular weight is 373 g/mol. The molecule has 1 aliphatic rings. The maximum atomic E-state index is 14.3. The minimum Gasteiger partial charge on any atom is -0.395 e. The van der Waals surface area contributed by atoms with Gasteiger partial charge in [-0.3, -0.25) is 9.79 Å². The Bertz CT molecular complexity index is 951. The number of benzodiazepines with no additional fused rings is 1. The minimum atomic E-state index is -3.36. The maximum absolute atomic E-state index is 14.3. The number of carbonyl (C=O) groups excluding carboxylic acids is 1. The van der Waals surface area contributed by atoms with Gasteiger partial charge in [0.1, 0.15) is 12.4 Å². The lowest BCUT2D eigenvalue weighted by Crippen LogP contribution is -2.34. The molecule has 1 amide bonds. The third-order valence-corrected chi connectivity index (χ3v) is 3.60. The fraction of sp³-hybridized carbons (Fsp3) is 0.176. The van der Waals surface area contributed by atoms with Crippen molar-refractivity contribution in [2.24, 2.45) is 4.99 Å². The number of fused-ring (bicyclic) bond motifs is 1. The van der Waals surface area contributed by atoms with Gasteiger partial charge in [0.05, 0.1) is 23.4 Å². The van der Waals surface area contributed by atoms with E-state index in [0.29, 0.717) is 4.90 Å². The Balaban J connectivity index is 0.00000280. The Morgan fingerprint density at radius 1 is 1.29 bits per heavy atom. The molecule has 0 radical (unpaired) electrons. The average Bonchev–Trinajstić information content (AvgIpc) is 2.71. The van der Waals surface area contributed by atoms with Crippen molar-refractivity contribution in [2.75, 3.05) is 24.5 Å². The van der Waals surface area contributed by atoms with Gasteiger partial charge in [0.25, 0.3) is 0 Å². The number of halogens is 3. The van der Waals surface area contributed by atoms with Gasteiger partial charge in [-0.05, 0) is 30.3 Å². The summed E-state index contributed by atoms with van der Waals surface area (Å²) in [6.07, 6.45) is 0. The third kappa shape index (κ3) is 3.43. The molecule has 2 aromatic carbocycles. The van der Waals surface area contributed by atoms with Crippen LogP contribution in [0.25, 0.3) is 0 Å². The van der Waals surface area contributed by atoms with Gasteiger partial charge < -0.3 is 10.0 Å². The number of aliphatic imine (C=N–C) groups is 1. The minimum absolute atomic E-state index is 0. The van der Waals surface area contributed by atoms with Gasteiger partial charge in [-0.25, -0.2) is 4.39 Å². The number of β-amino-alcohol motifs (C(OH)–C–C–N with tert-alkyl or cyclic N) is 1. The van der Waals surface area contributed by atoms with Crippen LogP contribution < -0.4 is 4.90 Å². The van der Waals surface area contributed by atoms with Crippen molar-refractivity contribution >= 4 is 41.3 Å². The van der Waals surface area contributed by atoms with Crippen molar-refractivity contribution in [3.8, 4) is 0 Å². The molecule has 2 aromatic rings. The topological polar surface area (TPSA) is 52.9 Å². The van der Waals surface area contributed by atoms with Crippen LogP contribution in [0.3, 0.4) is 0 Å². The predicted molar refractivity (Wildman–Crippen MR) is 95.0 cm³/mol. The number of amides is 1. The lowest BCUT2D eigenvalue weighted by Gasteiger charge is -2.22. The summed E-state index contributed by atoms with van der Waals surface area (Å²) in [5.41, 5.74) is 0.234. The summed E-state index contributed by atoms with van der Waals surface area (Å²) >= 11 is 6.04. The van der Waals surface area contributed by atoms with E-state index in [0.717, 1.165) is 0 Å². The summed E-state index contributed by atoms with van der Waals surface area (Å²) in [6.45, 7) is -7.03. The lowest BCUT2D eigenvalue weighted by molar-refractivity contribution is -0.117. The van der Waals surface area contributed by atoms with E-state index >= 15 is 0 Å². The van der Waals surface area contributed by atoms with Crippen molar-refractivity contribution in [1.29, 1.82) is 0 Å². The summed E-state index contributed by atoms with van der Waals surface area (Å²) in [5.74, 6) is -1.49. The fourth-order valence-electron chi connectivity index (χ4n) is 2.39. The van der Waals surface area contributed by atoms with Crippen LogP contribution in [0.2, 0.25) is 5.02 Å². The first-order chi connectivity index (χ1) is 12.5. The summed E-state index contributed by atoms with van der Waals surface area (Å²) in [5, 5.41) is 9.89. The highest BCUT2D eigenvalue weighted by atomic mass is 35.5. The van der Waals surface area contributed by atoms with Gasteiger partial charge in [-0.1, -0.05) is 23.7 Å². The zero-order valence-corrected chi connectivity index (χ0v) is 13.7. The van der Waals surface area contributed by atoms with E-state index in [9.17, 15) is 14.3 Å². The van der Waals surface area contributed by atoms with Gasteiger partial charge in [0, 0.05) is 22.6 Å². The van der Waals surface area contributed by atoms with Crippen molar-refractivity contribution in [1.82, 2.24) is 0 Å². The third-order valence-electron chi connectivity index (χ3n) is 3.37. The predicted octanol–water partition coefficient (Wildman–Crippen LogP) is 3.08. The first-order valence-corrected chi connectivity index (χ1v) is 7.06. The van der Waals surface area contributed by atoms with Crippen LogP contribution in [0, 0.1) is 5.82 Å². The Morgan fingerprint density at radius 2 is 2.04 bits per heavy atom. The highest BCUT2D eigenvalue weighted by molar-refractivity contribution is 6.32. The number of carbonyl (C=O) groups is 1. The van der Waals surface area contributed by atoms with E-state index < -0.39 is 31.3 Å². The van der Waals surface area contributed by atoms with Crippen molar-refractivity contribution in [2.45, 2.75) is 0 Å². The first-order valence-electron chi connectivity index (χ1n) is 8.69. The van der Waals surface area contributed by atoms with Gasteiger partial charge in [-0.2, -0.15) is 0 Å². The lowest BCUT2D eigenvalue weighted by atomic mass is 9.99. The van der Waals surface area contributed by atoms with Crippen molar-refractivity contribution < 1.29 is 19.8 Å². The number of anilines is 1. The molecule has 0 spiro atoms. The van der Waals surface area contributed by atoms with Gasteiger partial charge in [0.2, 0.25) is 5.91 Å². The Morgan fingerprint density at radius 3 is 2.75 bits per heavy atom. The molecular weight excluding hydrogens is 354 g/mol. The zero-order chi connectivity index (χ0) is 20.0. The van der Waals surface area contributed by atoms with Crippen LogP contribution in [0.1, 0.15) is 16.6 Å². The summed E-state index contributed by atoms with van der Waals surface area (Å²) < 4.78 is 45.1. The van der Waals surface area contributed by atoms with Gasteiger partial charge in [-0.15, -0.1) is 12.4 Å². The SMILES string of the molecule is Cl.[2H]C([2H])(O)C([2H])([2H])N1C(=O)CN=C(c2ccccc2F)c2cc(Cl)ccc21. The molecule has 7 heteroatoms. The second-order valence-corrected chi connectivity index (χ2v) is 5.20. The molecule has 0 fully saturated rings. The van der Waals surface area contributed by atoms with Crippen LogP contribution >= 0.6 is 24.0 Å². The molecule has 0 aromatic heterocycles. The van der Waals surface area contributed by atoms with Gasteiger partial charge in [0.15, 0.2) is 0 Å². The molecule has 4 nitrogen and oxygen atoms in total. The number of aliphatic hydroxyl groups is 1. The summed E-state index contributed by atoms with van der Waals surface area (Å²) in [7, 11) is 0. The normalized spacial score (nSPS) is 17.4. The number of nitrogens with zero attached hydrogens (tertiary/aromatic N) is 2. The van der Waals surface area contributed by atoms with Crippen LogP contribution in [0.4, 0.5) is 10.1 Å².